The van der Waals surface area contributed by atoms with Crippen molar-refractivity contribution >= 4 is 12.3 Å². The van der Waals surface area contributed by atoms with Crippen LogP contribution in [0.5, 0.6) is 0 Å². The molecule has 18 atom stereocenters. The van der Waals surface area contributed by atoms with Crippen LogP contribution in [-0.4, -0.2) is 236 Å². The molecule has 2 fully saturated rings. The first-order valence-electron chi connectivity index (χ1n) is 13.8. The summed E-state index contributed by atoms with van der Waals surface area (Å²) in [7, 11) is 0. The van der Waals surface area contributed by atoms with E-state index in [0.29, 0.717) is 0 Å². The largest absolute Gasteiger partial charge is 0.479 e. The summed E-state index contributed by atoms with van der Waals surface area (Å²) in [6, 6.07) is 0. The minimum Gasteiger partial charge on any atom is -0.479 e. The Balaban J connectivity index is 0.000000470. The number of aliphatic carboxylic acids is 1. The predicted molar refractivity (Wildman–Crippen MR) is 141 cm³/mol. The Morgan fingerprint density at radius 1 is 0.660 bits per heavy atom. The normalized spacial score (nSPS) is 36.4. The molecule has 0 spiro atoms. The molecule has 278 valence electrons. The Morgan fingerprint density at radius 2 is 1.13 bits per heavy atom. The first-order chi connectivity index (χ1) is 21.9. The van der Waals surface area contributed by atoms with E-state index in [9.17, 15) is 70.9 Å². The molecule has 0 radical (unpaired) electrons. The zero-order valence-electron chi connectivity index (χ0n) is 24.4. The number of carbonyl (C=O) groups excluding carboxylic acids is 1. The first kappa shape index (κ1) is 43.4. The monoisotopic (exact) mass is 700 g/mol. The maximum Gasteiger partial charge on any atom is 0.335 e. The molecule has 0 aliphatic carbocycles. The van der Waals surface area contributed by atoms with Crippen molar-refractivity contribution in [2.45, 2.75) is 110 Å². The van der Waals surface area contributed by atoms with Crippen molar-refractivity contribution < 1.29 is 115 Å². The summed E-state index contributed by atoms with van der Waals surface area (Å²) in [6.45, 7) is -3.13. The third-order valence-electron chi connectivity index (χ3n) is 7.13. The molecule has 0 aromatic heterocycles. The van der Waals surface area contributed by atoms with Gasteiger partial charge in [-0.3, -0.25) is 0 Å². The number of aliphatic hydroxyl groups excluding tert-OH is 16. The number of aldehydes is 1. The van der Waals surface area contributed by atoms with Crippen molar-refractivity contribution in [1.82, 2.24) is 0 Å². The lowest BCUT2D eigenvalue weighted by Gasteiger charge is -2.42. The molecule has 0 bridgehead atoms. The third-order valence-corrected chi connectivity index (χ3v) is 7.13. The van der Waals surface area contributed by atoms with Gasteiger partial charge in [0.05, 0.1) is 26.4 Å². The fourth-order valence-corrected chi connectivity index (χ4v) is 4.17. The van der Waals surface area contributed by atoms with Crippen molar-refractivity contribution in [1.29, 1.82) is 0 Å². The Hall–Kier alpha value is -1.66. The molecule has 2 heterocycles. The summed E-state index contributed by atoms with van der Waals surface area (Å²) in [5.74, 6) is -1.84. The third kappa shape index (κ3) is 11.4. The van der Waals surface area contributed by atoms with Crippen LogP contribution in [0.2, 0.25) is 0 Å². The Bertz CT molecular complexity index is 910. The number of hydrogen-bond acceptors (Lipinski definition) is 22. The maximum atomic E-state index is 10.7. The van der Waals surface area contributed by atoms with Gasteiger partial charge in [-0.1, -0.05) is 0 Å². The molecule has 0 aromatic rings. The zero-order valence-corrected chi connectivity index (χ0v) is 24.4. The number of hydrogen-bond donors (Lipinski definition) is 17. The summed E-state index contributed by atoms with van der Waals surface area (Å²) >= 11 is 0. The Labute approximate surface area is 264 Å². The van der Waals surface area contributed by atoms with Gasteiger partial charge >= 0.3 is 5.97 Å². The predicted octanol–water partition coefficient (Wildman–Crippen LogP) is -11.2. The van der Waals surface area contributed by atoms with Crippen molar-refractivity contribution in [3.8, 4) is 0 Å². The van der Waals surface area contributed by atoms with E-state index in [-0.39, 0.29) is 6.29 Å². The number of rotatable bonds is 16. The maximum absolute atomic E-state index is 10.7. The fourth-order valence-electron chi connectivity index (χ4n) is 4.17. The number of carbonyl (C=O) groups is 2. The van der Waals surface area contributed by atoms with Crippen molar-refractivity contribution in [3.63, 3.8) is 0 Å². The highest BCUT2D eigenvalue weighted by atomic mass is 16.7. The topological polar surface area (TPSA) is 415 Å². The molecule has 2 rings (SSSR count). The molecule has 2 saturated heterocycles. The van der Waals surface area contributed by atoms with Crippen LogP contribution in [0, 0.1) is 0 Å². The van der Waals surface area contributed by atoms with Gasteiger partial charge in [0.15, 0.2) is 25.0 Å². The van der Waals surface area contributed by atoms with Crippen LogP contribution in [0.25, 0.3) is 0 Å². The zero-order chi connectivity index (χ0) is 36.3. The van der Waals surface area contributed by atoms with Gasteiger partial charge in [0.1, 0.15) is 91.6 Å². The van der Waals surface area contributed by atoms with Gasteiger partial charge in [-0.2, -0.15) is 0 Å². The highest BCUT2D eigenvalue weighted by molar-refractivity contribution is 5.72. The molecular formula is C24H44O23. The lowest BCUT2D eigenvalue weighted by Crippen LogP contribution is -2.61. The molecule has 2 aliphatic heterocycles. The van der Waals surface area contributed by atoms with Gasteiger partial charge in [-0.25, -0.2) is 4.79 Å². The minimum absolute atomic E-state index is 0.0287. The molecule has 0 unspecified atom stereocenters. The van der Waals surface area contributed by atoms with E-state index >= 15 is 0 Å². The Kier molecular flexibility index (Phi) is 18.6. The van der Waals surface area contributed by atoms with Gasteiger partial charge in [0.25, 0.3) is 0 Å². The van der Waals surface area contributed by atoms with E-state index in [1.807, 2.05) is 0 Å². The van der Waals surface area contributed by atoms with Crippen LogP contribution < -0.4 is 0 Å². The lowest BCUT2D eigenvalue weighted by atomic mass is 9.98. The van der Waals surface area contributed by atoms with Crippen LogP contribution in [0.3, 0.4) is 0 Å². The molecular weight excluding hydrogens is 656 g/mol. The summed E-state index contributed by atoms with van der Waals surface area (Å²) < 4.78 is 19.9. The van der Waals surface area contributed by atoms with Gasteiger partial charge in [-0.15, -0.1) is 0 Å². The lowest BCUT2D eigenvalue weighted by molar-refractivity contribution is -0.326. The molecule has 23 nitrogen and oxygen atoms in total. The van der Waals surface area contributed by atoms with E-state index in [2.05, 4.69) is 0 Å². The van der Waals surface area contributed by atoms with Crippen LogP contribution in [-0.2, 0) is 28.5 Å². The average molecular weight is 701 g/mol. The number of carboxylic acid groups (broad SMARTS) is 1. The van der Waals surface area contributed by atoms with Crippen molar-refractivity contribution in [2.24, 2.45) is 0 Å². The fraction of sp³-hybridized carbons (Fsp3) is 0.917. The summed E-state index contributed by atoms with van der Waals surface area (Å²) in [6.07, 6.45) is -32.2. The highest BCUT2D eigenvalue weighted by Gasteiger charge is 2.48. The van der Waals surface area contributed by atoms with Crippen molar-refractivity contribution in [3.05, 3.63) is 0 Å². The second-order valence-electron chi connectivity index (χ2n) is 10.5. The quantitative estimate of drug-likeness (QED) is 0.0664. The van der Waals surface area contributed by atoms with Crippen molar-refractivity contribution in [2.75, 3.05) is 26.4 Å². The molecule has 0 saturated carbocycles. The number of ether oxygens (including phenoxy) is 4. The SMILES string of the molecule is O=C(O)[C@H](O)[C@@H](O)[C@H](O[C@@H]1O[C@H](CO)[C@H](O)[C@H](O)[C@H]1O)[C@H](O)CO.O=C[C@H](O)[C@@H](O)[C@H](O)[C@H](O)CO[C@H]1O[C@H](CO)[C@@H](O)[C@H](O)[C@H]1O. The van der Waals surface area contributed by atoms with Gasteiger partial charge < -0.3 is 111 Å². The second kappa shape index (κ2) is 20.1. The van der Waals surface area contributed by atoms with E-state index in [4.69, 9.17) is 44.5 Å². The highest BCUT2D eigenvalue weighted by Crippen LogP contribution is 2.25. The molecule has 47 heavy (non-hydrogen) atoms. The van der Waals surface area contributed by atoms with E-state index in [0.717, 1.165) is 0 Å². The van der Waals surface area contributed by atoms with Gasteiger partial charge in [0, 0.05) is 0 Å². The smallest absolute Gasteiger partial charge is 0.335 e. The van der Waals surface area contributed by atoms with E-state index in [1.165, 1.54) is 0 Å². The summed E-state index contributed by atoms with van der Waals surface area (Å²) in [4.78, 5) is 21.0. The van der Waals surface area contributed by atoms with Crippen LogP contribution in [0.4, 0.5) is 0 Å². The van der Waals surface area contributed by atoms with Crippen LogP contribution in [0.15, 0.2) is 0 Å². The van der Waals surface area contributed by atoms with Gasteiger partial charge in [-0.05, 0) is 0 Å². The first-order valence-corrected chi connectivity index (χ1v) is 13.8. The molecule has 2 aliphatic rings. The average Bonchev–Trinajstić information content (AvgIpc) is 3.06. The van der Waals surface area contributed by atoms with E-state index in [1.54, 1.807) is 0 Å². The summed E-state index contributed by atoms with van der Waals surface area (Å²) in [5.41, 5.74) is 0. The van der Waals surface area contributed by atoms with Gasteiger partial charge in [0.2, 0.25) is 0 Å². The summed E-state index contributed by atoms with van der Waals surface area (Å²) in [5, 5.41) is 160. The number of aliphatic hydroxyl groups is 16. The standard InChI is InChI=1S/C12H22O12.C12H22O11/c13-1-3(15)10(7(18)8(19)11(21)22)24-12-9(20)6(17)5(16)4(2-14)23-12;13-1-4(15)7(17)8(18)5(16)3-22-12-11(21)10(20)9(19)6(2-14)23-12/h3-10,12-20H,1-2H2,(H,21,22);1,4-12,14-21H,2-3H2/t3-,4-,5+,6+,7-,8-,9-,10-,12+;4-,5+,6+,7+,8+,9+,10-,11+,12-/m10/s1. The molecule has 0 aromatic carbocycles. The number of carboxylic acids is 1. The van der Waals surface area contributed by atoms with Crippen LogP contribution in [0.1, 0.15) is 0 Å². The second-order valence-corrected chi connectivity index (χ2v) is 10.5. The molecule has 17 N–H and O–H groups in total. The van der Waals surface area contributed by atoms with Crippen LogP contribution >= 0.6 is 0 Å². The Morgan fingerprint density at radius 3 is 1.55 bits per heavy atom. The van der Waals surface area contributed by atoms with E-state index < -0.39 is 143 Å². The molecule has 23 heteroatoms. The minimum atomic E-state index is -2.39. The molecule has 0 amide bonds.